The van der Waals surface area contributed by atoms with Gasteiger partial charge < -0.3 is 4.74 Å². The third kappa shape index (κ3) is 4.45. The van der Waals surface area contributed by atoms with Gasteiger partial charge in [0.05, 0.1) is 6.61 Å². The summed E-state index contributed by atoms with van der Waals surface area (Å²) in [5.74, 6) is -0.165. The molecule has 0 aliphatic carbocycles. The van der Waals surface area contributed by atoms with Crippen LogP contribution in [0.5, 0.6) is 0 Å². The van der Waals surface area contributed by atoms with Crippen LogP contribution in [0.3, 0.4) is 0 Å². The van der Waals surface area contributed by atoms with E-state index in [0.29, 0.717) is 11.6 Å². The standard InChI is InChI=1S/C12H15ClO2S/c1-3-8-15-12(14)9(2)16-11-6-4-10(13)5-7-11/h4-7,9H,3,8H2,1-2H3/t9-/m0/s1. The van der Waals surface area contributed by atoms with Gasteiger partial charge in [0, 0.05) is 9.92 Å². The lowest BCUT2D eigenvalue weighted by atomic mass is 10.4. The summed E-state index contributed by atoms with van der Waals surface area (Å²) in [6.07, 6.45) is 0.851. The van der Waals surface area contributed by atoms with Crippen molar-refractivity contribution in [3.63, 3.8) is 0 Å². The molecule has 0 N–H and O–H groups in total. The van der Waals surface area contributed by atoms with Crippen LogP contribution in [0.4, 0.5) is 0 Å². The molecule has 1 rings (SSSR count). The second-order valence-corrected chi connectivity index (χ2v) is 5.23. The molecule has 4 heteroatoms. The molecule has 1 aromatic carbocycles. The summed E-state index contributed by atoms with van der Waals surface area (Å²) in [4.78, 5) is 12.5. The van der Waals surface area contributed by atoms with Crippen LogP contribution in [0.2, 0.25) is 5.02 Å². The lowest BCUT2D eigenvalue weighted by Crippen LogP contribution is -2.17. The Kier molecular flexibility index (Phi) is 5.71. The third-order valence-electron chi connectivity index (χ3n) is 1.91. The van der Waals surface area contributed by atoms with E-state index in [1.165, 1.54) is 11.8 Å². The number of rotatable bonds is 5. The number of hydrogen-bond donors (Lipinski definition) is 0. The van der Waals surface area contributed by atoms with Crippen LogP contribution >= 0.6 is 23.4 Å². The Hall–Kier alpha value is -0.670. The molecule has 0 aliphatic heterocycles. The van der Waals surface area contributed by atoms with E-state index in [2.05, 4.69) is 0 Å². The predicted octanol–water partition coefficient (Wildman–Crippen LogP) is 3.77. The first-order valence-corrected chi connectivity index (χ1v) is 6.48. The van der Waals surface area contributed by atoms with Gasteiger partial charge in [-0.2, -0.15) is 0 Å². The predicted molar refractivity (Wildman–Crippen MR) is 68.0 cm³/mol. The molecule has 0 aliphatic rings. The van der Waals surface area contributed by atoms with E-state index in [9.17, 15) is 4.79 Å². The van der Waals surface area contributed by atoms with Gasteiger partial charge in [-0.05, 0) is 37.6 Å². The molecule has 0 radical (unpaired) electrons. The number of esters is 1. The number of carbonyl (C=O) groups is 1. The van der Waals surface area contributed by atoms with Crippen molar-refractivity contribution in [3.8, 4) is 0 Å². The molecule has 0 saturated carbocycles. The van der Waals surface area contributed by atoms with Gasteiger partial charge in [-0.1, -0.05) is 18.5 Å². The zero-order valence-corrected chi connectivity index (χ0v) is 11.0. The van der Waals surface area contributed by atoms with Crippen LogP contribution in [-0.4, -0.2) is 17.8 Å². The van der Waals surface area contributed by atoms with E-state index >= 15 is 0 Å². The van der Waals surface area contributed by atoms with Crippen LogP contribution in [0.1, 0.15) is 20.3 Å². The minimum atomic E-state index is -0.187. The average Bonchev–Trinajstić information content (AvgIpc) is 2.29. The average molecular weight is 259 g/mol. The minimum Gasteiger partial charge on any atom is -0.465 e. The molecule has 1 atom stereocenters. The first kappa shape index (κ1) is 13.4. The molecule has 0 amide bonds. The summed E-state index contributed by atoms with van der Waals surface area (Å²) in [5, 5.41) is 0.512. The molecule has 1 aromatic rings. The van der Waals surface area contributed by atoms with Crippen molar-refractivity contribution in [2.75, 3.05) is 6.61 Å². The highest BCUT2D eigenvalue weighted by Crippen LogP contribution is 2.25. The van der Waals surface area contributed by atoms with Crippen molar-refractivity contribution >= 4 is 29.3 Å². The SMILES string of the molecule is CCCOC(=O)[C@H](C)Sc1ccc(Cl)cc1. The molecule has 0 aromatic heterocycles. The molecular weight excluding hydrogens is 244 g/mol. The summed E-state index contributed by atoms with van der Waals surface area (Å²) in [5.41, 5.74) is 0. The maximum atomic E-state index is 11.5. The fourth-order valence-corrected chi connectivity index (χ4v) is 2.08. The number of carbonyl (C=O) groups excluding carboxylic acids is 1. The minimum absolute atomic E-state index is 0.165. The van der Waals surface area contributed by atoms with Crippen molar-refractivity contribution in [3.05, 3.63) is 29.3 Å². The van der Waals surface area contributed by atoms with Gasteiger partial charge in [0.25, 0.3) is 0 Å². The van der Waals surface area contributed by atoms with Gasteiger partial charge in [0.15, 0.2) is 0 Å². The highest BCUT2D eigenvalue weighted by molar-refractivity contribution is 8.00. The Bertz CT molecular complexity index is 337. The second-order valence-electron chi connectivity index (χ2n) is 3.38. The topological polar surface area (TPSA) is 26.3 Å². The lowest BCUT2D eigenvalue weighted by molar-refractivity contribution is -0.142. The summed E-state index contributed by atoms with van der Waals surface area (Å²) >= 11 is 7.26. The van der Waals surface area contributed by atoms with Gasteiger partial charge in [-0.25, -0.2) is 0 Å². The van der Waals surface area contributed by atoms with Crippen LogP contribution in [0.15, 0.2) is 29.2 Å². The largest absolute Gasteiger partial charge is 0.465 e. The van der Waals surface area contributed by atoms with Crippen molar-refractivity contribution in [2.45, 2.75) is 30.4 Å². The fraction of sp³-hybridized carbons (Fsp3) is 0.417. The Balaban J connectivity index is 2.47. The first-order chi connectivity index (χ1) is 7.63. The highest BCUT2D eigenvalue weighted by atomic mass is 35.5. The number of benzene rings is 1. The maximum Gasteiger partial charge on any atom is 0.319 e. The number of hydrogen-bond acceptors (Lipinski definition) is 3. The smallest absolute Gasteiger partial charge is 0.319 e. The zero-order chi connectivity index (χ0) is 12.0. The molecule has 0 unspecified atom stereocenters. The van der Waals surface area contributed by atoms with E-state index in [1.54, 1.807) is 0 Å². The Morgan fingerprint density at radius 1 is 1.44 bits per heavy atom. The van der Waals surface area contributed by atoms with Crippen LogP contribution in [-0.2, 0) is 9.53 Å². The number of halogens is 1. The van der Waals surface area contributed by atoms with E-state index in [0.717, 1.165) is 11.3 Å². The summed E-state index contributed by atoms with van der Waals surface area (Å²) in [6.45, 7) is 4.31. The Labute approximate surface area is 105 Å². The third-order valence-corrected chi connectivity index (χ3v) is 3.25. The summed E-state index contributed by atoms with van der Waals surface area (Å²) < 4.78 is 5.06. The molecule has 0 bridgehead atoms. The highest BCUT2D eigenvalue weighted by Gasteiger charge is 2.15. The zero-order valence-electron chi connectivity index (χ0n) is 9.40. The molecule has 0 spiro atoms. The van der Waals surface area contributed by atoms with Gasteiger partial charge in [-0.3, -0.25) is 4.79 Å². The van der Waals surface area contributed by atoms with Gasteiger partial charge in [0.1, 0.15) is 5.25 Å². The van der Waals surface area contributed by atoms with E-state index in [-0.39, 0.29) is 11.2 Å². The number of thioether (sulfide) groups is 1. The van der Waals surface area contributed by atoms with Gasteiger partial charge >= 0.3 is 5.97 Å². The monoisotopic (exact) mass is 258 g/mol. The maximum absolute atomic E-state index is 11.5. The molecule has 88 valence electrons. The van der Waals surface area contributed by atoms with Crippen LogP contribution < -0.4 is 0 Å². The first-order valence-electron chi connectivity index (χ1n) is 5.22. The van der Waals surface area contributed by atoms with Crippen molar-refractivity contribution < 1.29 is 9.53 Å². The molecule has 0 heterocycles. The van der Waals surface area contributed by atoms with Crippen molar-refractivity contribution in [1.29, 1.82) is 0 Å². The van der Waals surface area contributed by atoms with Crippen molar-refractivity contribution in [1.82, 2.24) is 0 Å². The van der Waals surface area contributed by atoms with E-state index in [4.69, 9.17) is 16.3 Å². The summed E-state index contributed by atoms with van der Waals surface area (Å²) in [7, 11) is 0. The second kappa shape index (κ2) is 6.81. The van der Waals surface area contributed by atoms with Gasteiger partial charge in [0.2, 0.25) is 0 Å². The molecule has 0 saturated heterocycles. The van der Waals surface area contributed by atoms with Crippen molar-refractivity contribution in [2.24, 2.45) is 0 Å². The number of ether oxygens (including phenoxy) is 1. The normalized spacial score (nSPS) is 12.2. The molecule has 0 fully saturated rings. The van der Waals surface area contributed by atoms with Crippen LogP contribution in [0.25, 0.3) is 0 Å². The molecular formula is C12H15ClO2S. The van der Waals surface area contributed by atoms with Gasteiger partial charge in [-0.15, -0.1) is 11.8 Å². The van der Waals surface area contributed by atoms with E-state index < -0.39 is 0 Å². The molecule has 2 nitrogen and oxygen atoms in total. The Morgan fingerprint density at radius 3 is 2.62 bits per heavy atom. The molecule has 16 heavy (non-hydrogen) atoms. The lowest BCUT2D eigenvalue weighted by Gasteiger charge is -2.10. The Morgan fingerprint density at radius 2 is 2.06 bits per heavy atom. The summed E-state index contributed by atoms with van der Waals surface area (Å²) in [6, 6.07) is 7.43. The van der Waals surface area contributed by atoms with E-state index in [1.807, 2.05) is 38.1 Å². The quantitative estimate of drug-likeness (QED) is 0.594. The fourth-order valence-electron chi connectivity index (χ4n) is 1.09. The van der Waals surface area contributed by atoms with Crippen LogP contribution in [0, 0.1) is 0 Å².